The maximum atomic E-state index is 17.1. The molecule has 1 fully saturated rings. The Morgan fingerprint density at radius 3 is 1.24 bits per heavy atom. The van der Waals surface area contributed by atoms with E-state index in [0.717, 1.165) is 0 Å². The van der Waals surface area contributed by atoms with E-state index in [9.17, 15) is 103 Å². The minimum Gasteiger partial charge on any atom is -0.481 e. The number of benzene rings is 1. The third kappa shape index (κ3) is 33.2. The topological polar surface area (TPSA) is 462 Å². The van der Waals surface area contributed by atoms with Gasteiger partial charge in [0.1, 0.15) is 17.9 Å². The standard InChI is InChI=1S/C66H105FN8O22Si/c1-65(2,3)98(67,66(4,5)6)49-22-19-44(20-23-49)60(89)70-40-50(71-55(80)25-24-51(64(96)97)75-35-33-73(42-58(85)86)31-29-72(41-57(83)84)30-32-74(34-36-75)43-59(87)88)52(77)39-46(62(92)93)16-12-14-28-69-54(79)18-10-8-7-9-17-53(78)68-27-13-11-15-45(61(90)91)37-48(76)38-47(63(94)95)21-26-56(81)82/h19-20,22-23,45-47,50-51H,7-18,21,24-43H2,1-6H3,(H,68,78)(H,69,79)(H,70,89)(H,71,80)(H,81,82)(H,83,84)(H,85,86)(H,87,88)(H,90,91)(H,92,93)(H,94,95)(H,96,97)/t45-,46+,47-,50+,51-/m1/s1. The highest BCUT2D eigenvalue weighted by molar-refractivity contribution is 6.90. The molecule has 4 amide bonds. The molecule has 1 aromatic carbocycles. The Balaban J connectivity index is 2.09. The zero-order chi connectivity index (χ0) is 73.9. The quantitative estimate of drug-likeness (QED) is 0.0252. The zero-order valence-electron chi connectivity index (χ0n) is 57.5. The molecule has 0 aromatic heterocycles. The van der Waals surface area contributed by atoms with Crippen LogP contribution in [0, 0.1) is 17.8 Å². The Labute approximate surface area is 572 Å². The van der Waals surface area contributed by atoms with E-state index in [-0.39, 0.29) is 128 Å². The first-order valence-electron chi connectivity index (χ1n) is 33.5. The minimum absolute atomic E-state index is 0.0198. The summed E-state index contributed by atoms with van der Waals surface area (Å²) in [6, 6.07) is 3.05. The summed E-state index contributed by atoms with van der Waals surface area (Å²) in [4.78, 5) is 180. The van der Waals surface area contributed by atoms with E-state index in [0.29, 0.717) is 50.1 Å². The van der Waals surface area contributed by atoms with Crippen LogP contribution in [0.1, 0.15) is 174 Å². The zero-order valence-corrected chi connectivity index (χ0v) is 58.5. The lowest BCUT2D eigenvalue weighted by Crippen LogP contribution is -2.57. The number of carbonyl (C=O) groups excluding carboxylic acids is 6. The summed E-state index contributed by atoms with van der Waals surface area (Å²) in [7, 11) is -3.73. The number of ketones is 2. The Morgan fingerprint density at radius 2 is 0.857 bits per heavy atom. The van der Waals surface area contributed by atoms with Gasteiger partial charge in [-0.15, -0.1) is 0 Å². The molecule has 1 saturated heterocycles. The van der Waals surface area contributed by atoms with Crippen molar-refractivity contribution in [3.05, 3.63) is 29.8 Å². The minimum atomic E-state index is -3.73. The van der Waals surface area contributed by atoms with Crippen LogP contribution in [0.3, 0.4) is 0 Å². The van der Waals surface area contributed by atoms with Crippen molar-refractivity contribution in [2.75, 3.05) is 91.6 Å². The summed E-state index contributed by atoms with van der Waals surface area (Å²) >= 11 is 0. The highest BCUT2D eigenvalue weighted by Gasteiger charge is 2.56. The number of amides is 4. The number of nitrogens with one attached hydrogen (secondary N) is 4. The average molecular weight is 1410 g/mol. The lowest BCUT2D eigenvalue weighted by atomic mass is 9.90. The van der Waals surface area contributed by atoms with Gasteiger partial charge in [-0.25, -0.2) is 0 Å². The smallest absolute Gasteiger partial charge is 0.320 e. The van der Waals surface area contributed by atoms with Crippen LogP contribution in [0.25, 0.3) is 0 Å². The number of unbranched alkanes of at least 4 members (excludes halogenated alkanes) is 5. The number of rotatable bonds is 46. The van der Waals surface area contributed by atoms with Crippen molar-refractivity contribution in [3.8, 4) is 0 Å². The Kier molecular flexibility index (Phi) is 38.3. The highest BCUT2D eigenvalue weighted by atomic mass is 28.4. The van der Waals surface area contributed by atoms with Crippen molar-refractivity contribution < 1.29 is 112 Å². The number of aliphatic carboxylic acids is 8. The van der Waals surface area contributed by atoms with E-state index in [2.05, 4.69) is 21.3 Å². The Morgan fingerprint density at radius 1 is 0.449 bits per heavy atom. The van der Waals surface area contributed by atoms with Crippen molar-refractivity contribution in [1.82, 2.24) is 40.9 Å². The fourth-order valence-corrected chi connectivity index (χ4v) is 16.7. The number of carbonyl (C=O) groups is 14. The highest BCUT2D eigenvalue weighted by Crippen LogP contribution is 2.51. The van der Waals surface area contributed by atoms with Crippen molar-refractivity contribution in [1.29, 1.82) is 0 Å². The summed E-state index contributed by atoms with van der Waals surface area (Å²) in [6.07, 6.45) is 1.12. The molecule has 1 aromatic rings. The van der Waals surface area contributed by atoms with E-state index < -0.39 is 178 Å². The van der Waals surface area contributed by atoms with Crippen LogP contribution in [0.4, 0.5) is 4.11 Å². The van der Waals surface area contributed by atoms with Crippen LogP contribution in [-0.2, 0) is 62.3 Å². The van der Waals surface area contributed by atoms with Crippen LogP contribution >= 0.6 is 0 Å². The van der Waals surface area contributed by atoms with Gasteiger partial charge < -0.3 is 66.2 Å². The maximum absolute atomic E-state index is 17.1. The molecular formula is C66H105FN8O22Si. The van der Waals surface area contributed by atoms with Crippen molar-refractivity contribution in [2.45, 2.75) is 186 Å². The van der Waals surface area contributed by atoms with Gasteiger partial charge in [-0.05, 0) is 78.8 Å². The van der Waals surface area contributed by atoms with E-state index in [1.807, 2.05) is 41.5 Å². The molecule has 552 valence electrons. The van der Waals surface area contributed by atoms with Gasteiger partial charge in [0.25, 0.3) is 14.3 Å². The molecule has 0 spiro atoms. The third-order valence-corrected chi connectivity index (χ3v) is 22.7. The van der Waals surface area contributed by atoms with Gasteiger partial charge >= 0.3 is 47.8 Å². The van der Waals surface area contributed by atoms with E-state index in [1.54, 1.807) is 17.0 Å². The van der Waals surface area contributed by atoms with Crippen LogP contribution < -0.4 is 26.5 Å². The van der Waals surface area contributed by atoms with Gasteiger partial charge in [0, 0.05) is 123 Å². The number of hydrogen-bond acceptors (Lipinski definition) is 18. The number of Topliss-reactive ketones (excluding diaryl/α,β-unsaturated/α-hetero) is 2. The molecule has 0 saturated carbocycles. The second kappa shape index (κ2) is 43.6. The molecule has 0 radical (unpaired) electrons. The number of carboxylic acids is 8. The fourth-order valence-electron chi connectivity index (χ4n) is 12.1. The molecule has 12 N–H and O–H groups in total. The van der Waals surface area contributed by atoms with Crippen LogP contribution in [0.2, 0.25) is 10.1 Å². The van der Waals surface area contributed by atoms with E-state index in [4.69, 9.17) is 5.11 Å². The van der Waals surface area contributed by atoms with E-state index >= 15 is 4.11 Å². The summed E-state index contributed by atoms with van der Waals surface area (Å²) < 4.78 is 17.1. The molecule has 1 aliphatic heterocycles. The maximum Gasteiger partial charge on any atom is 0.320 e. The number of nitrogens with zero attached hydrogens (tertiary/aromatic N) is 4. The summed E-state index contributed by atoms with van der Waals surface area (Å²) in [5.74, 6) is -17.0. The third-order valence-electron chi connectivity index (χ3n) is 17.4. The molecule has 0 unspecified atom stereocenters. The second-order valence-corrected chi connectivity index (χ2v) is 32.2. The molecule has 5 atom stereocenters. The first kappa shape index (κ1) is 86.3. The van der Waals surface area contributed by atoms with E-state index in [1.165, 1.54) is 26.8 Å². The van der Waals surface area contributed by atoms with Crippen molar-refractivity contribution in [2.24, 2.45) is 17.8 Å². The second-order valence-electron chi connectivity index (χ2n) is 27.3. The number of halogens is 1. The van der Waals surface area contributed by atoms with Crippen LogP contribution in [0.15, 0.2) is 24.3 Å². The van der Waals surface area contributed by atoms with Gasteiger partial charge in [0.05, 0.1) is 37.4 Å². The number of carboxylic acid groups (broad SMARTS) is 8. The molecule has 1 heterocycles. The monoisotopic (exact) mass is 1410 g/mol. The lowest BCUT2D eigenvalue weighted by molar-refractivity contribution is -0.146. The molecule has 2 rings (SSSR count). The molecule has 1 aliphatic rings. The number of hydrogen-bond donors (Lipinski definition) is 12. The average Bonchev–Trinajstić information content (AvgIpc) is 0.749. The Bertz CT molecular complexity index is 2810. The summed E-state index contributed by atoms with van der Waals surface area (Å²) in [5, 5.41) is 87.3. The molecule has 32 heteroatoms. The van der Waals surface area contributed by atoms with Gasteiger partial charge in [-0.1, -0.05) is 79.4 Å². The Hall–Kier alpha value is -7.81. The molecule has 30 nitrogen and oxygen atoms in total. The molecule has 0 bridgehead atoms. The largest absolute Gasteiger partial charge is 0.481 e. The van der Waals surface area contributed by atoms with Crippen molar-refractivity contribution in [3.63, 3.8) is 0 Å². The molecule has 98 heavy (non-hydrogen) atoms. The predicted molar refractivity (Wildman–Crippen MR) is 357 cm³/mol. The van der Waals surface area contributed by atoms with Gasteiger partial charge in [-0.2, -0.15) is 0 Å². The summed E-state index contributed by atoms with van der Waals surface area (Å²) in [5.41, 5.74) is 0.0947. The van der Waals surface area contributed by atoms with Crippen LogP contribution in [-0.4, -0.2) is 256 Å². The van der Waals surface area contributed by atoms with Gasteiger partial charge in [0.2, 0.25) is 17.7 Å². The SMILES string of the molecule is CC(C)(C)[Si](F)(c1ccc(C(=O)NC[C@H](NC(=O)CC[C@H](C(=O)O)N2CCN(CC(=O)O)CCN(CC(=O)O)CCN(CC(=O)O)CC2)C(=O)C[C@H](CCCCNC(=O)CCCCCCC(=O)NCCCC[C@H](CC(=O)C[C@@H](CCC(=O)O)C(=O)O)C(=O)O)C(=O)O)cc1)C(C)(C)C. The fraction of sp³-hybridized carbons (Fsp3) is 0.697. The summed E-state index contributed by atoms with van der Waals surface area (Å²) in [6.45, 7) is 9.63. The molecular weight excluding hydrogens is 1300 g/mol. The van der Waals surface area contributed by atoms with Crippen LogP contribution in [0.5, 0.6) is 0 Å². The molecule has 0 aliphatic carbocycles. The van der Waals surface area contributed by atoms with Gasteiger partial charge in [0.15, 0.2) is 5.78 Å². The first-order valence-corrected chi connectivity index (χ1v) is 35.4. The first-order chi connectivity index (χ1) is 45.8. The normalized spacial score (nSPS) is 15.7. The van der Waals surface area contributed by atoms with Crippen molar-refractivity contribution >= 4 is 96.5 Å². The lowest BCUT2D eigenvalue weighted by Gasteiger charge is -2.44. The predicted octanol–water partition coefficient (Wildman–Crippen LogP) is 3.52. The van der Waals surface area contributed by atoms with Gasteiger partial charge in [-0.3, -0.25) is 86.7 Å².